The highest BCUT2D eigenvalue weighted by Gasteiger charge is 2.23. The van der Waals surface area contributed by atoms with Crippen LogP contribution in [-0.2, 0) is 17.3 Å². The molecule has 2 aromatic heterocycles. The van der Waals surface area contributed by atoms with Crippen molar-refractivity contribution in [3.05, 3.63) is 42.2 Å². The number of nitrogens with one attached hydrogen (secondary N) is 1. The molecule has 1 aromatic carbocycles. The summed E-state index contributed by atoms with van der Waals surface area (Å²) in [7, 11) is -0.790. The van der Waals surface area contributed by atoms with E-state index in [1.165, 1.54) is 5.56 Å². The Morgan fingerprint density at radius 2 is 1.91 bits per heavy atom. The first-order valence-electron chi connectivity index (χ1n) is 11.0. The lowest BCUT2D eigenvalue weighted by molar-refractivity contribution is 0.311. The van der Waals surface area contributed by atoms with Gasteiger partial charge in [-0.05, 0) is 12.0 Å². The average Bonchev–Trinajstić information content (AvgIpc) is 2.83. The highest BCUT2D eigenvalue weighted by atomic mass is 32.2. The van der Waals surface area contributed by atoms with Crippen LogP contribution in [0.25, 0.3) is 11.0 Å². The summed E-state index contributed by atoms with van der Waals surface area (Å²) >= 11 is 0. The Bertz CT molecular complexity index is 1060. The lowest BCUT2D eigenvalue weighted by Gasteiger charge is -2.29. The van der Waals surface area contributed by atoms with Crippen molar-refractivity contribution in [3.63, 3.8) is 0 Å². The lowest BCUT2D eigenvalue weighted by Crippen LogP contribution is -2.38. The van der Waals surface area contributed by atoms with Crippen LogP contribution >= 0.6 is 0 Å². The van der Waals surface area contributed by atoms with Crippen LogP contribution in [0, 0.1) is 0 Å². The predicted octanol–water partition coefficient (Wildman–Crippen LogP) is 1.81. The summed E-state index contributed by atoms with van der Waals surface area (Å²) in [6.07, 6.45) is 2.53. The Hall–Kier alpha value is -2.85. The van der Waals surface area contributed by atoms with E-state index in [0.29, 0.717) is 60.5 Å². The van der Waals surface area contributed by atoms with Crippen molar-refractivity contribution < 1.29 is 9.32 Å². The first-order valence-corrected chi connectivity index (χ1v) is 12.4. The Morgan fingerprint density at radius 1 is 1.12 bits per heavy atom. The summed E-state index contributed by atoms with van der Waals surface area (Å²) in [6, 6.07) is 10.3. The number of nitrogens with zero attached hydrogens (tertiary/aromatic N) is 6. The molecule has 10 heteroatoms. The maximum absolute atomic E-state index is 11.9. The fraction of sp³-hybridized carbons (Fsp3) is 0.455. The quantitative estimate of drug-likeness (QED) is 0.499. The molecule has 0 spiro atoms. The molecular weight excluding hydrogens is 426 g/mol. The topological polar surface area (TPSA) is 107 Å². The van der Waals surface area contributed by atoms with Gasteiger partial charge in [0.2, 0.25) is 5.95 Å². The van der Waals surface area contributed by atoms with Crippen LogP contribution in [-0.4, -0.2) is 73.5 Å². The van der Waals surface area contributed by atoms with Gasteiger partial charge in [0.15, 0.2) is 11.6 Å². The second-order valence-electron chi connectivity index (χ2n) is 7.66. The van der Waals surface area contributed by atoms with E-state index in [1.54, 1.807) is 6.33 Å². The minimum Gasteiger partial charge on any atom is -0.395 e. The highest BCUT2D eigenvalue weighted by Crippen LogP contribution is 2.30. The minimum absolute atomic E-state index is 0.0203. The number of aromatic nitrogens is 4. The lowest BCUT2D eigenvalue weighted by atomic mass is 10.2. The fourth-order valence-corrected chi connectivity index (χ4v) is 4.85. The van der Waals surface area contributed by atoms with Crippen LogP contribution in [0.4, 0.5) is 17.6 Å². The molecule has 32 heavy (non-hydrogen) atoms. The third-order valence-electron chi connectivity index (χ3n) is 5.33. The van der Waals surface area contributed by atoms with Crippen LogP contribution < -0.4 is 15.1 Å². The summed E-state index contributed by atoms with van der Waals surface area (Å²) in [5.41, 5.74) is 2.56. The second kappa shape index (κ2) is 10.6. The van der Waals surface area contributed by atoms with Crippen molar-refractivity contribution in [2.45, 2.75) is 19.9 Å². The van der Waals surface area contributed by atoms with Crippen LogP contribution in [0.1, 0.15) is 18.9 Å². The van der Waals surface area contributed by atoms with Crippen molar-refractivity contribution in [2.24, 2.45) is 0 Å². The molecule has 0 unspecified atom stereocenters. The van der Waals surface area contributed by atoms with Gasteiger partial charge in [0.1, 0.15) is 17.4 Å². The minimum atomic E-state index is -0.790. The zero-order valence-electron chi connectivity index (χ0n) is 18.3. The molecule has 2 N–H and O–H groups in total. The zero-order chi connectivity index (χ0) is 22.3. The Labute approximate surface area is 190 Å². The van der Waals surface area contributed by atoms with Gasteiger partial charge in [-0.15, -0.1) is 0 Å². The molecule has 0 radical (unpaired) electrons. The smallest absolute Gasteiger partial charge is 0.225 e. The third-order valence-corrected chi connectivity index (χ3v) is 6.60. The number of hydrogen-bond donors (Lipinski definition) is 2. The maximum atomic E-state index is 11.9. The molecule has 0 bridgehead atoms. The monoisotopic (exact) mass is 455 g/mol. The Morgan fingerprint density at radius 3 is 2.62 bits per heavy atom. The van der Waals surface area contributed by atoms with E-state index in [9.17, 15) is 9.32 Å². The van der Waals surface area contributed by atoms with Crippen LogP contribution in [0.15, 0.2) is 36.7 Å². The summed E-state index contributed by atoms with van der Waals surface area (Å²) in [6.45, 7) is 5.31. The number of anilines is 3. The van der Waals surface area contributed by atoms with Gasteiger partial charge >= 0.3 is 0 Å². The predicted molar refractivity (Wildman–Crippen MR) is 129 cm³/mol. The molecule has 1 aliphatic rings. The molecule has 3 aromatic rings. The van der Waals surface area contributed by atoms with E-state index in [-0.39, 0.29) is 6.61 Å². The summed E-state index contributed by atoms with van der Waals surface area (Å²) in [4.78, 5) is 23.0. The molecule has 0 amide bonds. The molecule has 3 heterocycles. The van der Waals surface area contributed by atoms with E-state index in [1.807, 2.05) is 18.2 Å². The van der Waals surface area contributed by atoms with Crippen LogP contribution in [0.3, 0.4) is 0 Å². The number of benzene rings is 1. The van der Waals surface area contributed by atoms with Gasteiger partial charge in [-0.25, -0.2) is 15.0 Å². The Balaban J connectivity index is 1.79. The number of fused-ring (bicyclic) bond motifs is 1. The number of rotatable bonds is 9. The zero-order valence-corrected chi connectivity index (χ0v) is 19.1. The van der Waals surface area contributed by atoms with Crippen molar-refractivity contribution in [2.75, 3.05) is 59.4 Å². The molecule has 0 atom stereocenters. The Kier molecular flexibility index (Phi) is 7.43. The summed E-state index contributed by atoms with van der Waals surface area (Å²) in [5.74, 6) is 3.13. The van der Waals surface area contributed by atoms with E-state index in [0.717, 1.165) is 18.8 Å². The van der Waals surface area contributed by atoms with Gasteiger partial charge in [0.25, 0.3) is 0 Å². The van der Waals surface area contributed by atoms with Gasteiger partial charge in [0.05, 0.1) is 6.61 Å². The molecule has 9 nitrogen and oxygen atoms in total. The normalized spacial score (nSPS) is 14.6. The third kappa shape index (κ3) is 5.13. The van der Waals surface area contributed by atoms with Crippen molar-refractivity contribution >= 4 is 39.4 Å². The van der Waals surface area contributed by atoms with Gasteiger partial charge in [0, 0.05) is 55.0 Å². The summed E-state index contributed by atoms with van der Waals surface area (Å²) < 4.78 is 11.9. The van der Waals surface area contributed by atoms with Crippen LogP contribution in [0.5, 0.6) is 0 Å². The van der Waals surface area contributed by atoms with E-state index in [2.05, 4.69) is 44.1 Å². The van der Waals surface area contributed by atoms with Crippen molar-refractivity contribution in [1.29, 1.82) is 0 Å². The van der Waals surface area contributed by atoms with E-state index >= 15 is 0 Å². The number of hydrogen-bond acceptors (Lipinski definition) is 9. The van der Waals surface area contributed by atoms with Crippen LogP contribution in [0.2, 0.25) is 0 Å². The van der Waals surface area contributed by atoms with Crippen molar-refractivity contribution in [3.8, 4) is 0 Å². The van der Waals surface area contributed by atoms with Gasteiger partial charge in [-0.2, -0.15) is 4.98 Å². The largest absolute Gasteiger partial charge is 0.395 e. The molecular formula is C22H29N7O2S. The SMILES string of the molecule is CCCN(Cc1ccccc1)c1ncnc2c(N3CCS(=O)CC3)nc(NCCO)nc12. The van der Waals surface area contributed by atoms with E-state index in [4.69, 9.17) is 9.97 Å². The number of aliphatic hydroxyl groups is 1. The van der Waals surface area contributed by atoms with Gasteiger partial charge in [-0.3, -0.25) is 4.21 Å². The fourth-order valence-electron chi connectivity index (χ4n) is 3.80. The molecule has 1 saturated heterocycles. The van der Waals surface area contributed by atoms with Gasteiger partial charge in [-0.1, -0.05) is 37.3 Å². The standard InChI is InChI=1S/C22H29N7O2S/c1-2-9-29(15-17-6-4-3-5-7-17)20-19-18(24-16-25-20)21(27-22(26-19)23-8-12-30)28-10-13-32(31)14-11-28/h3-7,16,30H,2,8-15H2,1H3,(H,23,26,27). The first kappa shape index (κ1) is 22.3. The number of aliphatic hydroxyl groups excluding tert-OH is 1. The average molecular weight is 456 g/mol. The molecule has 1 aliphatic heterocycles. The second-order valence-corrected chi connectivity index (χ2v) is 9.35. The highest BCUT2D eigenvalue weighted by molar-refractivity contribution is 7.85. The van der Waals surface area contributed by atoms with Crippen molar-refractivity contribution in [1.82, 2.24) is 19.9 Å². The molecule has 4 rings (SSSR count). The van der Waals surface area contributed by atoms with E-state index < -0.39 is 10.8 Å². The molecule has 0 saturated carbocycles. The molecule has 170 valence electrons. The molecule has 0 aliphatic carbocycles. The maximum Gasteiger partial charge on any atom is 0.225 e. The van der Waals surface area contributed by atoms with Gasteiger partial charge < -0.3 is 20.2 Å². The molecule has 1 fully saturated rings. The first-order chi connectivity index (χ1) is 15.7. The summed E-state index contributed by atoms with van der Waals surface area (Å²) in [5, 5.41) is 12.4.